The quantitative estimate of drug-likeness (QED) is 0.118. The molecule has 4 unspecified atom stereocenters. The van der Waals surface area contributed by atoms with E-state index in [0.29, 0.717) is 0 Å². The molecule has 10 nitrogen and oxygen atoms in total. The Morgan fingerprint density at radius 3 is 2.15 bits per heavy atom. The van der Waals surface area contributed by atoms with E-state index in [0.717, 1.165) is 39.2 Å². The summed E-state index contributed by atoms with van der Waals surface area (Å²) in [5.41, 5.74) is 1.78. The summed E-state index contributed by atoms with van der Waals surface area (Å²) in [6, 6.07) is 22.0. The maximum Gasteiger partial charge on any atom is 0.243 e. The van der Waals surface area contributed by atoms with Crippen molar-refractivity contribution in [3.8, 4) is 0 Å². The fourth-order valence-electron chi connectivity index (χ4n) is 6.58. The summed E-state index contributed by atoms with van der Waals surface area (Å²) in [6.45, 7) is 13.1. The van der Waals surface area contributed by atoms with E-state index in [1.165, 1.54) is 15.6 Å². The standard InChI is InChI=1S/C40H53N5O5S2/c1-26(2)24-45(52(49,50)31-18-19-32-35(23-31)51-28(4)41-32)25-34(46)33(22-29-14-10-8-11-15-29)42-38(48)36(39(5,6)7)43-37(47)27(3)44-40(20-21-40)30-16-12-9-13-17-30/h8-19,23,26-27,33-34,36,44,46H,20-22,24-25H2,1-7H3,(H,42,48)(H,43,47). The number of fused-ring (bicyclic) bond motifs is 1. The fourth-order valence-corrected chi connectivity index (χ4v) is 9.17. The van der Waals surface area contributed by atoms with E-state index in [9.17, 15) is 23.1 Å². The molecular formula is C40H53N5O5S2. The molecule has 0 bridgehead atoms. The maximum absolute atomic E-state index is 14.2. The number of aliphatic hydroxyl groups excluding tert-OH is 1. The summed E-state index contributed by atoms with van der Waals surface area (Å²) in [5.74, 6) is -0.799. The first kappa shape index (κ1) is 39.5. The third kappa shape index (κ3) is 9.64. The minimum absolute atomic E-state index is 0.0359. The Hall–Kier alpha value is -3.68. The van der Waals surface area contributed by atoms with Gasteiger partial charge in [0.05, 0.1) is 38.3 Å². The van der Waals surface area contributed by atoms with Crippen molar-refractivity contribution in [2.75, 3.05) is 13.1 Å². The number of nitrogens with zero attached hydrogens (tertiary/aromatic N) is 2. The van der Waals surface area contributed by atoms with Crippen LogP contribution in [-0.2, 0) is 31.6 Å². The highest BCUT2D eigenvalue weighted by Crippen LogP contribution is 2.45. The number of rotatable bonds is 16. The molecule has 1 fully saturated rings. The first-order valence-corrected chi connectivity index (χ1v) is 20.3. The number of nitrogens with one attached hydrogen (secondary N) is 3. The van der Waals surface area contributed by atoms with Crippen LogP contribution < -0.4 is 16.0 Å². The molecule has 4 atom stereocenters. The van der Waals surface area contributed by atoms with Crippen molar-refractivity contribution in [1.29, 1.82) is 0 Å². The Balaban J connectivity index is 1.36. The van der Waals surface area contributed by atoms with Gasteiger partial charge in [-0.1, -0.05) is 95.3 Å². The topological polar surface area (TPSA) is 141 Å². The van der Waals surface area contributed by atoms with Gasteiger partial charge < -0.3 is 15.7 Å². The molecule has 1 aliphatic rings. The number of amides is 2. The van der Waals surface area contributed by atoms with Gasteiger partial charge in [-0.15, -0.1) is 11.3 Å². The Labute approximate surface area is 312 Å². The Kier molecular flexibility index (Phi) is 12.3. The molecule has 12 heteroatoms. The molecule has 0 spiro atoms. The lowest BCUT2D eigenvalue weighted by Gasteiger charge is -2.35. The van der Waals surface area contributed by atoms with E-state index in [1.807, 2.05) is 90.1 Å². The van der Waals surface area contributed by atoms with E-state index < -0.39 is 45.6 Å². The normalized spacial score (nSPS) is 16.7. The number of hydrogen-bond donors (Lipinski definition) is 4. The molecule has 1 saturated carbocycles. The van der Waals surface area contributed by atoms with Crippen molar-refractivity contribution >= 4 is 43.4 Å². The first-order valence-electron chi connectivity index (χ1n) is 18.0. The Morgan fingerprint density at radius 1 is 0.923 bits per heavy atom. The molecule has 1 aliphatic carbocycles. The van der Waals surface area contributed by atoms with Gasteiger partial charge in [-0.2, -0.15) is 4.31 Å². The molecule has 1 heterocycles. The summed E-state index contributed by atoms with van der Waals surface area (Å²) in [4.78, 5) is 32.4. The molecule has 4 aromatic rings. The third-order valence-corrected chi connectivity index (χ3v) is 12.3. The summed E-state index contributed by atoms with van der Waals surface area (Å²) in [5, 5.41) is 22.2. The van der Waals surface area contributed by atoms with Gasteiger partial charge in [0.25, 0.3) is 0 Å². The van der Waals surface area contributed by atoms with E-state index in [4.69, 9.17) is 0 Å². The largest absolute Gasteiger partial charge is 0.390 e. The number of hydrogen-bond acceptors (Lipinski definition) is 8. The second kappa shape index (κ2) is 16.1. The van der Waals surface area contributed by atoms with Crippen LogP contribution in [0.1, 0.15) is 70.5 Å². The van der Waals surface area contributed by atoms with Crippen molar-refractivity contribution in [3.05, 3.63) is 95.0 Å². The van der Waals surface area contributed by atoms with Gasteiger partial charge in [0, 0.05) is 18.6 Å². The van der Waals surface area contributed by atoms with E-state index in [-0.39, 0.29) is 41.8 Å². The molecule has 0 saturated heterocycles. The van der Waals surface area contributed by atoms with Crippen molar-refractivity contribution < 1.29 is 23.1 Å². The van der Waals surface area contributed by atoms with Gasteiger partial charge in [-0.05, 0) is 73.8 Å². The first-order chi connectivity index (χ1) is 24.5. The maximum atomic E-state index is 14.2. The molecule has 52 heavy (non-hydrogen) atoms. The van der Waals surface area contributed by atoms with E-state index >= 15 is 0 Å². The van der Waals surface area contributed by atoms with Crippen LogP contribution in [0.2, 0.25) is 0 Å². The average molecular weight is 748 g/mol. The molecule has 0 radical (unpaired) electrons. The zero-order chi connectivity index (χ0) is 37.8. The second-order valence-electron chi connectivity index (χ2n) is 15.6. The highest BCUT2D eigenvalue weighted by atomic mass is 32.2. The van der Waals surface area contributed by atoms with Crippen LogP contribution in [-0.4, -0.2) is 71.9 Å². The van der Waals surface area contributed by atoms with Crippen LogP contribution in [0.3, 0.4) is 0 Å². The van der Waals surface area contributed by atoms with Crippen LogP contribution in [0.4, 0.5) is 0 Å². The van der Waals surface area contributed by atoms with Crippen LogP contribution in [0.15, 0.2) is 83.8 Å². The number of thiazole rings is 1. The Morgan fingerprint density at radius 2 is 1.56 bits per heavy atom. The SMILES string of the molecule is Cc1nc2ccc(S(=O)(=O)N(CC(C)C)CC(O)C(Cc3ccccc3)NC(=O)C(NC(=O)C(C)NC3(c4ccccc4)CC3)C(C)(C)C)cc2s1. The summed E-state index contributed by atoms with van der Waals surface area (Å²) >= 11 is 1.42. The van der Waals surface area contributed by atoms with Gasteiger partial charge in [0.2, 0.25) is 21.8 Å². The molecule has 1 aromatic heterocycles. The molecular weight excluding hydrogens is 695 g/mol. The van der Waals surface area contributed by atoms with Crippen molar-refractivity contribution in [1.82, 2.24) is 25.2 Å². The van der Waals surface area contributed by atoms with Crippen molar-refractivity contribution in [2.24, 2.45) is 11.3 Å². The summed E-state index contributed by atoms with van der Waals surface area (Å²) in [7, 11) is -4.03. The fraction of sp³-hybridized carbons (Fsp3) is 0.475. The number of benzene rings is 3. The lowest BCUT2D eigenvalue weighted by Crippen LogP contribution is -2.60. The molecule has 280 valence electrons. The van der Waals surface area contributed by atoms with Crippen LogP contribution in [0.25, 0.3) is 10.2 Å². The molecule has 0 aliphatic heterocycles. The molecule has 5 rings (SSSR count). The highest BCUT2D eigenvalue weighted by molar-refractivity contribution is 7.89. The van der Waals surface area contributed by atoms with Crippen molar-refractivity contribution in [2.45, 2.75) is 102 Å². The van der Waals surface area contributed by atoms with Gasteiger partial charge >= 0.3 is 0 Å². The molecule has 4 N–H and O–H groups in total. The van der Waals surface area contributed by atoms with E-state index in [1.54, 1.807) is 25.1 Å². The zero-order valence-electron chi connectivity index (χ0n) is 31.2. The van der Waals surface area contributed by atoms with Crippen LogP contribution >= 0.6 is 11.3 Å². The van der Waals surface area contributed by atoms with Gasteiger partial charge in [0.15, 0.2) is 0 Å². The summed E-state index contributed by atoms with van der Waals surface area (Å²) < 4.78 is 30.3. The number of aromatic nitrogens is 1. The number of aliphatic hydroxyl groups is 1. The van der Waals surface area contributed by atoms with Gasteiger partial charge in [0.1, 0.15) is 6.04 Å². The smallest absolute Gasteiger partial charge is 0.243 e. The molecule has 3 aromatic carbocycles. The number of aryl methyl sites for hydroxylation is 1. The van der Waals surface area contributed by atoms with Gasteiger partial charge in [-0.3, -0.25) is 14.9 Å². The monoisotopic (exact) mass is 747 g/mol. The lowest BCUT2D eigenvalue weighted by atomic mass is 9.85. The number of carbonyl (C=O) groups is 2. The van der Waals surface area contributed by atoms with Crippen LogP contribution in [0.5, 0.6) is 0 Å². The number of sulfonamides is 1. The second-order valence-corrected chi connectivity index (χ2v) is 18.7. The Bertz CT molecular complexity index is 1940. The highest BCUT2D eigenvalue weighted by Gasteiger charge is 2.46. The summed E-state index contributed by atoms with van der Waals surface area (Å²) in [6.07, 6.45) is 0.807. The average Bonchev–Trinajstić information content (AvgIpc) is 3.77. The van der Waals surface area contributed by atoms with Crippen molar-refractivity contribution in [3.63, 3.8) is 0 Å². The minimum Gasteiger partial charge on any atom is -0.390 e. The minimum atomic E-state index is -4.03. The molecule has 2 amide bonds. The predicted octanol–water partition coefficient (Wildman–Crippen LogP) is 5.54. The predicted molar refractivity (Wildman–Crippen MR) is 207 cm³/mol. The van der Waals surface area contributed by atoms with Gasteiger partial charge in [-0.25, -0.2) is 13.4 Å². The zero-order valence-corrected chi connectivity index (χ0v) is 32.9. The lowest BCUT2D eigenvalue weighted by molar-refractivity contribution is -0.133. The van der Waals surface area contributed by atoms with Crippen LogP contribution in [0, 0.1) is 18.3 Å². The third-order valence-electron chi connectivity index (χ3n) is 9.53. The van der Waals surface area contributed by atoms with E-state index in [2.05, 4.69) is 33.1 Å². The number of carbonyl (C=O) groups excluding carboxylic acids is 2.